The van der Waals surface area contributed by atoms with E-state index >= 15 is 0 Å². The number of hydrogen-bond donors (Lipinski definition) is 1. The summed E-state index contributed by atoms with van der Waals surface area (Å²) in [6.07, 6.45) is 7.76. The SMILES string of the molecule is Cc1cnn2c(NCc3cccnc3)cc(C3CCCN(Cc4cccc(Cl)c4Cl)C3)nc12. The van der Waals surface area contributed by atoms with E-state index in [0.29, 0.717) is 22.5 Å². The molecule has 4 aromatic rings. The summed E-state index contributed by atoms with van der Waals surface area (Å²) < 4.78 is 1.89. The highest BCUT2D eigenvalue weighted by Crippen LogP contribution is 2.31. The monoisotopic (exact) mass is 480 g/mol. The van der Waals surface area contributed by atoms with E-state index in [4.69, 9.17) is 28.2 Å². The summed E-state index contributed by atoms with van der Waals surface area (Å²) in [6.45, 7) is 5.49. The van der Waals surface area contributed by atoms with E-state index in [-0.39, 0.29) is 0 Å². The third kappa shape index (κ3) is 4.83. The maximum absolute atomic E-state index is 6.45. The normalized spacial score (nSPS) is 16.9. The lowest BCUT2D eigenvalue weighted by molar-refractivity contribution is 0.198. The largest absolute Gasteiger partial charge is 0.366 e. The lowest BCUT2D eigenvalue weighted by Gasteiger charge is -2.33. The molecule has 1 saturated heterocycles. The number of nitrogens with zero attached hydrogens (tertiary/aromatic N) is 5. The first kappa shape index (κ1) is 22.1. The van der Waals surface area contributed by atoms with Crippen LogP contribution in [0.5, 0.6) is 0 Å². The van der Waals surface area contributed by atoms with Crippen molar-refractivity contribution in [2.45, 2.75) is 38.8 Å². The van der Waals surface area contributed by atoms with Gasteiger partial charge >= 0.3 is 0 Å². The predicted molar refractivity (Wildman–Crippen MR) is 133 cm³/mol. The molecule has 1 N–H and O–H groups in total. The van der Waals surface area contributed by atoms with E-state index in [0.717, 1.165) is 66.3 Å². The van der Waals surface area contributed by atoms with Crippen LogP contribution in [0.3, 0.4) is 0 Å². The maximum Gasteiger partial charge on any atom is 0.160 e. The molecular weight excluding hydrogens is 455 g/mol. The lowest BCUT2D eigenvalue weighted by Crippen LogP contribution is -2.34. The Morgan fingerprint density at radius 3 is 2.91 bits per heavy atom. The average molecular weight is 481 g/mol. The first-order chi connectivity index (χ1) is 16.1. The van der Waals surface area contributed by atoms with Crippen LogP contribution in [0.2, 0.25) is 10.0 Å². The van der Waals surface area contributed by atoms with E-state index in [9.17, 15) is 0 Å². The number of anilines is 1. The summed E-state index contributed by atoms with van der Waals surface area (Å²) in [6, 6.07) is 12.0. The summed E-state index contributed by atoms with van der Waals surface area (Å²) in [5.74, 6) is 1.29. The van der Waals surface area contributed by atoms with Gasteiger partial charge in [0.2, 0.25) is 0 Å². The molecule has 4 heterocycles. The highest BCUT2D eigenvalue weighted by molar-refractivity contribution is 6.42. The molecule has 3 aromatic heterocycles. The van der Waals surface area contributed by atoms with Crippen molar-refractivity contribution in [3.8, 4) is 0 Å². The van der Waals surface area contributed by atoms with Gasteiger partial charge in [0.15, 0.2) is 5.65 Å². The Bertz CT molecular complexity index is 1260. The van der Waals surface area contributed by atoms with Gasteiger partial charge < -0.3 is 5.32 Å². The van der Waals surface area contributed by atoms with E-state index in [1.165, 1.54) is 0 Å². The molecule has 1 fully saturated rings. The summed E-state index contributed by atoms with van der Waals surface area (Å²) in [5.41, 5.74) is 5.26. The minimum atomic E-state index is 0.343. The van der Waals surface area contributed by atoms with E-state index in [2.05, 4.69) is 45.4 Å². The number of aryl methyl sites for hydroxylation is 1. The minimum Gasteiger partial charge on any atom is -0.366 e. The van der Waals surface area contributed by atoms with Crippen molar-refractivity contribution < 1.29 is 0 Å². The number of hydrogen-bond acceptors (Lipinski definition) is 5. The van der Waals surface area contributed by atoms with Crippen molar-refractivity contribution in [3.05, 3.63) is 87.4 Å². The standard InChI is InChI=1S/C25H26Cl2N6/c1-17-12-30-33-23(29-14-18-5-3-9-28-13-18)11-22(31-25(17)33)19-7-4-10-32(15-19)16-20-6-2-8-21(26)24(20)27/h2-3,5-6,8-9,11-13,19,29H,4,7,10,14-16H2,1H3. The second-order valence-corrected chi connectivity index (χ2v) is 9.42. The van der Waals surface area contributed by atoms with Gasteiger partial charge in [-0.15, -0.1) is 0 Å². The summed E-state index contributed by atoms with van der Waals surface area (Å²) in [5, 5.41) is 9.34. The van der Waals surface area contributed by atoms with Gasteiger partial charge in [0.25, 0.3) is 0 Å². The zero-order valence-electron chi connectivity index (χ0n) is 18.5. The number of piperidine rings is 1. The van der Waals surface area contributed by atoms with Gasteiger partial charge in [0, 0.05) is 49.6 Å². The van der Waals surface area contributed by atoms with Crippen LogP contribution in [0.25, 0.3) is 5.65 Å². The molecule has 6 nitrogen and oxygen atoms in total. The molecule has 1 unspecified atom stereocenters. The molecule has 0 amide bonds. The second-order valence-electron chi connectivity index (χ2n) is 8.63. The Kier molecular flexibility index (Phi) is 6.49. The molecule has 8 heteroatoms. The third-order valence-corrected chi connectivity index (χ3v) is 7.07. The number of benzene rings is 1. The lowest BCUT2D eigenvalue weighted by atomic mass is 9.94. The van der Waals surface area contributed by atoms with Crippen molar-refractivity contribution in [1.29, 1.82) is 0 Å². The van der Waals surface area contributed by atoms with Crippen LogP contribution >= 0.6 is 23.2 Å². The van der Waals surface area contributed by atoms with Gasteiger partial charge in [0.1, 0.15) is 5.82 Å². The van der Waals surface area contributed by atoms with E-state index in [1.807, 2.05) is 35.1 Å². The summed E-state index contributed by atoms with van der Waals surface area (Å²) in [7, 11) is 0. The number of fused-ring (bicyclic) bond motifs is 1. The van der Waals surface area contributed by atoms with Crippen molar-refractivity contribution in [1.82, 2.24) is 24.5 Å². The number of rotatable bonds is 6. The fraction of sp³-hybridized carbons (Fsp3) is 0.320. The van der Waals surface area contributed by atoms with Crippen molar-refractivity contribution in [2.75, 3.05) is 18.4 Å². The van der Waals surface area contributed by atoms with E-state index in [1.54, 1.807) is 6.20 Å². The molecular formula is C25H26Cl2N6. The van der Waals surface area contributed by atoms with Gasteiger partial charge in [0.05, 0.1) is 21.9 Å². The van der Waals surface area contributed by atoms with Crippen LogP contribution in [0.1, 0.15) is 41.1 Å². The first-order valence-corrected chi connectivity index (χ1v) is 12.0. The molecule has 5 rings (SSSR count). The quantitative estimate of drug-likeness (QED) is 0.381. The Balaban J connectivity index is 1.39. The Morgan fingerprint density at radius 1 is 1.15 bits per heavy atom. The molecule has 1 aliphatic rings. The Morgan fingerprint density at radius 2 is 2.06 bits per heavy atom. The topological polar surface area (TPSA) is 58.4 Å². The maximum atomic E-state index is 6.45. The zero-order chi connectivity index (χ0) is 22.8. The predicted octanol–water partition coefficient (Wildman–Crippen LogP) is 5.73. The Labute approximate surface area is 203 Å². The third-order valence-electron chi connectivity index (χ3n) is 6.21. The molecule has 0 aliphatic carbocycles. The molecule has 0 saturated carbocycles. The fourth-order valence-electron chi connectivity index (χ4n) is 4.47. The molecule has 0 bridgehead atoms. The Hall–Kier alpha value is -2.67. The zero-order valence-corrected chi connectivity index (χ0v) is 20.0. The molecule has 0 radical (unpaired) electrons. The number of halogens is 2. The average Bonchev–Trinajstić information content (AvgIpc) is 3.22. The molecule has 1 atom stereocenters. The van der Waals surface area contributed by atoms with Gasteiger partial charge in [-0.25, -0.2) is 4.98 Å². The van der Waals surface area contributed by atoms with Gasteiger partial charge in [-0.3, -0.25) is 9.88 Å². The number of nitrogens with one attached hydrogen (secondary N) is 1. The number of aromatic nitrogens is 4. The van der Waals surface area contributed by atoms with Crippen LogP contribution in [-0.4, -0.2) is 37.6 Å². The summed E-state index contributed by atoms with van der Waals surface area (Å²) in [4.78, 5) is 11.7. The molecule has 170 valence electrons. The second kappa shape index (κ2) is 9.67. The summed E-state index contributed by atoms with van der Waals surface area (Å²) >= 11 is 12.7. The van der Waals surface area contributed by atoms with Crippen molar-refractivity contribution in [3.63, 3.8) is 0 Å². The van der Waals surface area contributed by atoms with E-state index < -0.39 is 0 Å². The first-order valence-electron chi connectivity index (χ1n) is 11.2. The minimum absolute atomic E-state index is 0.343. The molecule has 1 aliphatic heterocycles. The van der Waals surface area contributed by atoms with Crippen LogP contribution in [0.4, 0.5) is 5.82 Å². The van der Waals surface area contributed by atoms with Crippen LogP contribution in [0.15, 0.2) is 55.0 Å². The fourth-order valence-corrected chi connectivity index (χ4v) is 4.85. The molecule has 1 aromatic carbocycles. The highest BCUT2D eigenvalue weighted by atomic mass is 35.5. The smallest absolute Gasteiger partial charge is 0.160 e. The number of likely N-dealkylation sites (tertiary alicyclic amines) is 1. The number of pyridine rings is 1. The van der Waals surface area contributed by atoms with Crippen LogP contribution < -0.4 is 5.32 Å². The van der Waals surface area contributed by atoms with Crippen molar-refractivity contribution >= 4 is 34.7 Å². The van der Waals surface area contributed by atoms with Gasteiger partial charge in [-0.05, 0) is 49.6 Å². The van der Waals surface area contributed by atoms with Gasteiger partial charge in [-0.2, -0.15) is 9.61 Å². The van der Waals surface area contributed by atoms with Crippen LogP contribution in [-0.2, 0) is 13.1 Å². The van der Waals surface area contributed by atoms with Crippen LogP contribution in [0, 0.1) is 6.92 Å². The van der Waals surface area contributed by atoms with Crippen molar-refractivity contribution in [2.24, 2.45) is 0 Å². The molecule has 0 spiro atoms. The van der Waals surface area contributed by atoms with Gasteiger partial charge in [-0.1, -0.05) is 41.4 Å². The highest BCUT2D eigenvalue weighted by Gasteiger charge is 2.25. The molecule has 33 heavy (non-hydrogen) atoms.